The molecule has 0 spiro atoms. The number of hydrogen-bond acceptors (Lipinski definition) is 3. The molecule has 0 aliphatic rings. The summed E-state index contributed by atoms with van der Waals surface area (Å²) in [7, 11) is -4.18. The average Bonchev–Trinajstić information content (AvgIpc) is 1.97. The van der Waals surface area contributed by atoms with Gasteiger partial charge in [0.15, 0.2) is 0 Å². The molecule has 0 aromatic rings. The fourth-order valence-corrected chi connectivity index (χ4v) is 0.963. The van der Waals surface area contributed by atoms with Crippen molar-refractivity contribution in [3.63, 3.8) is 0 Å². The molecule has 0 heterocycles. The Morgan fingerprint density at radius 1 is 1.54 bits per heavy atom. The summed E-state index contributed by atoms with van der Waals surface area (Å²) in [5.41, 5.74) is 5.42. The Kier molecular flexibility index (Phi) is 4.56. The summed E-state index contributed by atoms with van der Waals surface area (Å²) in [6.07, 6.45) is -0.660. The molecular formula is C6H15N2O4P. The summed E-state index contributed by atoms with van der Waals surface area (Å²) in [5, 5.41) is 2.08. The first-order valence-corrected chi connectivity index (χ1v) is 5.61. The molecule has 0 saturated heterocycles. The number of rotatable bonds is 4. The molecule has 0 rings (SSSR count). The van der Waals surface area contributed by atoms with Gasteiger partial charge in [-0.1, -0.05) is 13.8 Å². The third-order valence-electron chi connectivity index (χ3n) is 1.48. The summed E-state index contributed by atoms with van der Waals surface area (Å²) in [6.45, 7) is 3.50. The van der Waals surface area contributed by atoms with Gasteiger partial charge in [0, 0.05) is 0 Å². The third kappa shape index (κ3) is 5.76. The molecule has 0 fully saturated rings. The van der Waals surface area contributed by atoms with Crippen molar-refractivity contribution in [2.45, 2.75) is 19.9 Å². The Labute approximate surface area is 76.7 Å². The predicted octanol–water partition coefficient (Wildman–Crippen LogP) is -0.779. The molecular weight excluding hydrogens is 195 g/mol. The largest absolute Gasteiger partial charge is 0.344 e. The van der Waals surface area contributed by atoms with E-state index in [0.717, 1.165) is 0 Å². The van der Waals surface area contributed by atoms with E-state index >= 15 is 0 Å². The average molecular weight is 210 g/mol. The molecule has 5 N–H and O–H groups in total. The smallest absolute Gasteiger partial charge is 0.343 e. The van der Waals surface area contributed by atoms with Crippen LogP contribution in [0.25, 0.3) is 0 Å². The second kappa shape index (κ2) is 4.72. The van der Waals surface area contributed by atoms with Crippen molar-refractivity contribution in [1.29, 1.82) is 0 Å². The van der Waals surface area contributed by atoms with E-state index in [1.54, 1.807) is 13.8 Å². The van der Waals surface area contributed by atoms with Crippen molar-refractivity contribution < 1.29 is 19.1 Å². The summed E-state index contributed by atoms with van der Waals surface area (Å²) in [5.74, 6) is -0.602. The maximum Gasteiger partial charge on any atom is 0.344 e. The molecule has 0 aromatic heterocycles. The van der Waals surface area contributed by atoms with Gasteiger partial charge in [-0.25, -0.2) is 0 Å². The van der Waals surface area contributed by atoms with E-state index in [1.165, 1.54) is 0 Å². The molecule has 7 heteroatoms. The molecule has 1 atom stereocenters. The molecule has 0 radical (unpaired) electrons. The van der Waals surface area contributed by atoms with E-state index < -0.39 is 25.8 Å². The fourth-order valence-electron chi connectivity index (χ4n) is 0.602. The lowest BCUT2D eigenvalue weighted by Crippen LogP contribution is -2.44. The minimum atomic E-state index is -4.18. The Morgan fingerprint density at radius 3 is 2.31 bits per heavy atom. The van der Waals surface area contributed by atoms with Crippen LogP contribution in [0.5, 0.6) is 0 Å². The number of nitrogens with one attached hydrogen (secondary N) is 1. The lowest BCUT2D eigenvalue weighted by atomic mass is 10.1. The van der Waals surface area contributed by atoms with Gasteiger partial charge in [-0.15, -0.1) is 0 Å². The highest BCUT2D eigenvalue weighted by atomic mass is 31.2. The molecule has 0 bridgehead atoms. The summed E-state index contributed by atoms with van der Waals surface area (Å²) >= 11 is 0. The van der Waals surface area contributed by atoms with Gasteiger partial charge in [0.05, 0.1) is 6.04 Å². The Bertz CT molecular complexity index is 225. The highest BCUT2D eigenvalue weighted by Gasteiger charge is 2.20. The van der Waals surface area contributed by atoms with E-state index in [2.05, 4.69) is 5.32 Å². The van der Waals surface area contributed by atoms with Crippen LogP contribution >= 0.6 is 7.60 Å². The summed E-state index contributed by atoms with van der Waals surface area (Å²) in [4.78, 5) is 27.9. The standard InChI is InChI=1S/C6H15N2O4P/c1-4(2)5(7)6(9)8-3-13(10,11)12/h4-5H,3,7H2,1-2H3,(H,8,9)(H2,10,11,12)/t5-/m0/s1. The van der Waals surface area contributed by atoms with Gasteiger partial charge in [-0.3, -0.25) is 9.36 Å². The second-order valence-electron chi connectivity index (χ2n) is 3.13. The summed E-state index contributed by atoms with van der Waals surface area (Å²) < 4.78 is 10.4. The van der Waals surface area contributed by atoms with Crippen LogP contribution in [0.1, 0.15) is 13.8 Å². The van der Waals surface area contributed by atoms with Crippen molar-refractivity contribution in [3.8, 4) is 0 Å². The zero-order valence-electron chi connectivity index (χ0n) is 7.60. The summed E-state index contributed by atoms with van der Waals surface area (Å²) in [6, 6.07) is -0.730. The zero-order valence-corrected chi connectivity index (χ0v) is 8.49. The minimum Gasteiger partial charge on any atom is -0.343 e. The van der Waals surface area contributed by atoms with Crippen molar-refractivity contribution in [2.24, 2.45) is 11.7 Å². The van der Waals surface area contributed by atoms with Gasteiger partial charge in [0.2, 0.25) is 5.91 Å². The van der Waals surface area contributed by atoms with Crippen LogP contribution < -0.4 is 11.1 Å². The first-order valence-electron chi connectivity index (χ1n) is 3.82. The van der Waals surface area contributed by atoms with E-state index in [1.807, 2.05) is 0 Å². The number of carbonyl (C=O) groups excluding carboxylic acids is 1. The van der Waals surface area contributed by atoms with Crippen LogP contribution in [0.3, 0.4) is 0 Å². The Hall–Kier alpha value is -0.420. The fraction of sp³-hybridized carbons (Fsp3) is 0.833. The number of hydrogen-bond donors (Lipinski definition) is 4. The van der Waals surface area contributed by atoms with Crippen LogP contribution in [-0.4, -0.2) is 28.0 Å². The van der Waals surface area contributed by atoms with E-state index in [4.69, 9.17) is 15.5 Å². The zero-order chi connectivity index (χ0) is 10.6. The number of carbonyl (C=O) groups is 1. The Morgan fingerprint density at radius 2 is 2.00 bits per heavy atom. The Balaban J connectivity index is 3.96. The molecule has 13 heavy (non-hydrogen) atoms. The molecule has 0 aliphatic carbocycles. The van der Waals surface area contributed by atoms with E-state index in [9.17, 15) is 9.36 Å². The molecule has 0 saturated carbocycles. The molecule has 1 amide bonds. The van der Waals surface area contributed by atoms with Gasteiger partial charge in [0.25, 0.3) is 0 Å². The normalized spacial score (nSPS) is 14.3. The van der Waals surface area contributed by atoms with Crippen molar-refractivity contribution in [3.05, 3.63) is 0 Å². The lowest BCUT2D eigenvalue weighted by molar-refractivity contribution is -0.122. The highest BCUT2D eigenvalue weighted by Crippen LogP contribution is 2.31. The van der Waals surface area contributed by atoms with Crippen LogP contribution in [0.4, 0.5) is 0 Å². The quantitative estimate of drug-likeness (QED) is 0.455. The third-order valence-corrected chi connectivity index (χ3v) is 2.05. The van der Waals surface area contributed by atoms with Gasteiger partial charge < -0.3 is 20.8 Å². The molecule has 0 aromatic carbocycles. The first kappa shape index (κ1) is 12.6. The van der Waals surface area contributed by atoms with Gasteiger partial charge in [0.1, 0.15) is 6.29 Å². The molecule has 78 valence electrons. The van der Waals surface area contributed by atoms with Crippen LogP contribution in [0.15, 0.2) is 0 Å². The van der Waals surface area contributed by atoms with Crippen molar-refractivity contribution in [2.75, 3.05) is 6.29 Å². The first-order chi connectivity index (χ1) is 5.74. The maximum absolute atomic E-state index is 11.1. The monoisotopic (exact) mass is 210 g/mol. The van der Waals surface area contributed by atoms with E-state index in [-0.39, 0.29) is 5.92 Å². The van der Waals surface area contributed by atoms with Crippen LogP contribution in [0.2, 0.25) is 0 Å². The van der Waals surface area contributed by atoms with Gasteiger partial charge in [-0.05, 0) is 5.92 Å². The van der Waals surface area contributed by atoms with Crippen molar-refractivity contribution >= 4 is 13.5 Å². The molecule has 6 nitrogen and oxygen atoms in total. The van der Waals surface area contributed by atoms with Crippen LogP contribution in [0, 0.1) is 5.92 Å². The minimum absolute atomic E-state index is 0.0585. The number of nitrogens with two attached hydrogens (primary N) is 1. The SMILES string of the molecule is CC(C)[C@H](N)C(=O)NCP(=O)(O)O. The van der Waals surface area contributed by atoms with E-state index in [0.29, 0.717) is 0 Å². The van der Waals surface area contributed by atoms with Gasteiger partial charge >= 0.3 is 7.60 Å². The van der Waals surface area contributed by atoms with Crippen LogP contribution in [-0.2, 0) is 9.36 Å². The predicted molar refractivity (Wildman–Crippen MR) is 47.9 cm³/mol. The second-order valence-corrected chi connectivity index (χ2v) is 4.78. The highest BCUT2D eigenvalue weighted by molar-refractivity contribution is 7.51. The maximum atomic E-state index is 11.1. The molecule has 0 aliphatic heterocycles. The molecule has 0 unspecified atom stereocenters. The lowest BCUT2D eigenvalue weighted by Gasteiger charge is -2.15. The number of amides is 1. The topological polar surface area (TPSA) is 113 Å². The van der Waals surface area contributed by atoms with Gasteiger partial charge in [-0.2, -0.15) is 0 Å². The van der Waals surface area contributed by atoms with Crippen molar-refractivity contribution in [1.82, 2.24) is 5.32 Å².